The van der Waals surface area contributed by atoms with Crippen molar-refractivity contribution in [2.75, 3.05) is 32.8 Å². The highest BCUT2D eigenvalue weighted by Crippen LogP contribution is 2.18. The summed E-state index contributed by atoms with van der Waals surface area (Å²) in [5.74, 6) is -0.198. The maximum Gasteiger partial charge on any atom is 0.244 e. The van der Waals surface area contributed by atoms with Gasteiger partial charge in [-0.05, 0) is 47.9 Å². The number of carbonyl (C=O) groups is 1. The van der Waals surface area contributed by atoms with Gasteiger partial charge >= 0.3 is 0 Å². The fourth-order valence-electron chi connectivity index (χ4n) is 2.94. The number of hydrogen-bond acceptors (Lipinski definition) is 4. The van der Waals surface area contributed by atoms with E-state index >= 15 is 0 Å². The summed E-state index contributed by atoms with van der Waals surface area (Å²) in [4.78, 5) is 12.2. The molecule has 29 heavy (non-hydrogen) atoms. The molecule has 8 heteroatoms. The molecule has 2 aromatic rings. The second-order valence-electron chi connectivity index (χ2n) is 6.59. The van der Waals surface area contributed by atoms with Gasteiger partial charge in [-0.25, -0.2) is 8.42 Å². The summed E-state index contributed by atoms with van der Waals surface area (Å²) in [5.41, 5.74) is 1.80. The summed E-state index contributed by atoms with van der Waals surface area (Å²) in [5, 5.41) is 3.43. The molecule has 1 N–H and O–H groups in total. The van der Waals surface area contributed by atoms with Crippen molar-refractivity contribution < 1.29 is 17.9 Å². The van der Waals surface area contributed by atoms with Crippen LogP contribution in [0.5, 0.6) is 0 Å². The van der Waals surface area contributed by atoms with Crippen molar-refractivity contribution in [2.24, 2.45) is 0 Å². The average molecular weight is 435 g/mol. The van der Waals surface area contributed by atoms with E-state index in [4.69, 9.17) is 16.3 Å². The number of carbonyl (C=O) groups excluding carboxylic acids is 1. The van der Waals surface area contributed by atoms with Crippen molar-refractivity contribution in [3.05, 3.63) is 70.8 Å². The van der Waals surface area contributed by atoms with Gasteiger partial charge in [0.1, 0.15) is 0 Å². The lowest BCUT2D eigenvalue weighted by atomic mass is 10.1. The summed E-state index contributed by atoms with van der Waals surface area (Å²) in [6.45, 7) is 2.04. The second kappa shape index (κ2) is 10.0. The van der Waals surface area contributed by atoms with Gasteiger partial charge in [0.05, 0.1) is 18.1 Å². The predicted molar refractivity (Wildman–Crippen MR) is 113 cm³/mol. The number of sulfonamides is 1. The van der Waals surface area contributed by atoms with Crippen LogP contribution >= 0.6 is 11.6 Å². The van der Waals surface area contributed by atoms with Crippen LogP contribution in [-0.2, 0) is 26.0 Å². The van der Waals surface area contributed by atoms with Crippen LogP contribution < -0.4 is 5.32 Å². The zero-order valence-electron chi connectivity index (χ0n) is 15.9. The Morgan fingerprint density at radius 1 is 1.14 bits per heavy atom. The molecular formula is C21H23ClN2O4S. The minimum Gasteiger partial charge on any atom is -0.379 e. The van der Waals surface area contributed by atoms with E-state index < -0.39 is 10.0 Å². The van der Waals surface area contributed by atoms with E-state index in [0.717, 1.165) is 11.1 Å². The molecule has 1 aliphatic rings. The maximum absolute atomic E-state index is 12.6. The number of amides is 1. The summed E-state index contributed by atoms with van der Waals surface area (Å²) in [6.07, 6.45) is 3.77. The highest BCUT2D eigenvalue weighted by molar-refractivity contribution is 7.89. The van der Waals surface area contributed by atoms with Gasteiger partial charge in [0.15, 0.2) is 0 Å². The van der Waals surface area contributed by atoms with E-state index in [0.29, 0.717) is 44.3 Å². The number of nitrogens with zero attached hydrogens (tertiary/aromatic N) is 1. The van der Waals surface area contributed by atoms with Crippen LogP contribution in [0.15, 0.2) is 59.5 Å². The first kappa shape index (κ1) is 21.5. The van der Waals surface area contributed by atoms with Gasteiger partial charge in [0, 0.05) is 30.7 Å². The molecule has 0 aliphatic carbocycles. The molecular weight excluding hydrogens is 412 g/mol. The number of benzene rings is 2. The third kappa shape index (κ3) is 6.14. The topological polar surface area (TPSA) is 75.7 Å². The van der Waals surface area contributed by atoms with Crippen molar-refractivity contribution in [1.29, 1.82) is 0 Å². The normalized spacial score (nSPS) is 15.5. The fourth-order valence-corrected chi connectivity index (χ4v) is 4.54. The summed E-state index contributed by atoms with van der Waals surface area (Å²) in [6, 6.07) is 14.0. The van der Waals surface area contributed by atoms with E-state index in [1.165, 1.54) is 10.4 Å². The van der Waals surface area contributed by atoms with Crippen LogP contribution in [0.25, 0.3) is 6.08 Å². The van der Waals surface area contributed by atoms with Crippen LogP contribution in [0.2, 0.25) is 5.02 Å². The Morgan fingerprint density at radius 3 is 2.55 bits per heavy atom. The molecule has 1 heterocycles. The van der Waals surface area contributed by atoms with Crippen LogP contribution in [-0.4, -0.2) is 51.5 Å². The van der Waals surface area contributed by atoms with Crippen molar-refractivity contribution in [3.63, 3.8) is 0 Å². The number of ether oxygens (including phenoxy) is 1. The van der Waals surface area contributed by atoms with Gasteiger partial charge in [-0.3, -0.25) is 4.79 Å². The Bertz CT molecular complexity index is 968. The molecule has 1 amide bonds. The summed E-state index contributed by atoms with van der Waals surface area (Å²) < 4.78 is 31.9. The third-order valence-corrected chi connectivity index (χ3v) is 6.67. The lowest BCUT2D eigenvalue weighted by molar-refractivity contribution is -0.116. The third-order valence-electron chi connectivity index (χ3n) is 4.52. The highest BCUT2D eigenvalue weighted by Gasteiger charge is 2.25. The molecule has 0 atom stereocenters. The zero-order valence-corrected chi connectivity index (χ0v) is 17.5. The first-order chi connectivity index (χ1) is 13.9. The Morgan fingerprint density at radius 2 is 1.86 bits per heavy atom. The number of nitrogens with one attached hydrogen (secondary N) is 1. The van der Waals surface area contributed by atoms with Crippen molar-refractivity contribution in [2.45, 2.75) is 11.3 Å². The van der Waals surface area contributed by atoms with Gasteiger partial charge in [0.2, 0.25) is 15.9 Å². The van der Waals surface area contributed by atoms with Crippen molar-refractivity contribution in [3.8, 4) is 0 Å². The first-order valence-corrected chi connectivity index (χ1v) is 11.2. The number of morpholine rings is 1. The molecule has 0 bridgehead atoms. The highest BCUT2D eigenvalue weighted by atomic mass is 35.5. The molecule has 154 valence electrons. The molecule has 0 radical (unpaired) electrons. The standard InChI is InChI=1S/C21H23ClN2O4S/c22-19-3-1-2-18(16-19)6-9-21(25)23-11-10-17-4-7-20(8-5-17)29(26,27)24-12-14-28-15-13-24/h1-9,16H,10-15H2,(H,23,25)/b9-6+. The monoisotopic (exact) mass is 434 g/mol. The van der Waals surface area contributed by atoms with Crippen LogP contribution in [0.4, 0.5) is 0 Å². The van der Waals surface area contributed by atoms with Gasteiger partial charge in [0.25, 0.3) is 0 Å². The molecule has 1 aliphatic heterocycles. The van der Waals surface area contributed by atoms with Gasteiger partial charge < -0.3 is 10.1 Å². The summed E-state index contributed by atoms with van der Waals surface area (Å²) >= 11 is 5.91. The quantitative estimate of drug-likeness (QED) is 0.680. The Labute approximate surface area is 176 Å². The minimum atomic E-state index is -3.48. The number of rotatable bonds is 7. The molecule has 6 nitrogen and oxygen atoms in total. The van der Waals surface area contributed by atoms with Crippen LogP contribution in [0.3, 0.4) is 0 Å². The molecule has 3 rings (SSSR count). The van der Waals surface area contributed by atoms with Gasteiger partial charge in [-0.1, -0.05) is 35.9 Å². The number of halogens is 1. The number of hydrogen-bond donors (Lipinski definition) is 1. The zero-order chi connectivity index (χ0) is 20.7. The Kier molecular flexibility index (Phi) is 7.44. The van der Waals surface area contributed by atoms with E-state index in [1.54, 1.807) is 42.5 Å². The average Bonchev–Trinajstić information content (AvgIpc) is 2.73. The van der Waals surface area contributed by atoms with Crippen molar-refractivity contribution >= 4 is 33.6 Å². The molecule has 0 spiro atoms. The van der Waals surface area contributed by atoms with E-state index in [-0.39, 0.29) is 10.8 Å². The lowest BCUT2D eigenvalue weighted by Gasteiger charge is -2.26. The second-order valence-corrected chi connectivity index (χ2v) is 8.96. The smallest absolute Gasteiger partial charge is 0.244 e. The molecule has 1 saturated heterocycles. The molecule has 2 aromatic carbocycles. The first-order valence-electron chi connectivity index (χ1n) is 9.33. The van der Waals surface area contributed by atoms with E-state index in [2.05, 4.69) is 5.32 Å². The predicted octanol–water partition coefficient (Wildman–Crippen LogP) is 2.73. The van der Waals surface area contributed by atoms with Crippen LogP contribution in [0, 0.1) is 0 Å². The van der Waals surface area contributed by atoms with E-state index in [9.17, 15) is 13.2 Å². The van der Waals surface area contributed by atoms with Gasteiger partial charge in [-0.15, -0.1) is 0 Å². The minimum absolute atomic E-state index is 0.198. The Balaban J connectivity index is 1.49. The SMILES string of the molecule is O=C(/C=C/c1cccc(Cl)c1)NCCc1ccc(S(=O)(=O)N2CCOCC2)cc1. The lowest BCUT2D eigenvalue weighted by Crippen LogP contribution is -2.40. The van der Waals surface area contributed by atoms with E-state index in [1.807, 2.05) is 12.1 Å². The fraction of sp³-hybridized carbons (Fsp3) is 0.286. The molecule has 0 saturated carbocycles. The van der Waals surface area contributed by atoms with Gasteiger partial charge in [-0.2, -0.15) is 4.31 Å². The van der Waals surface area contributed by atoms with Crippen molar-refractivity contribution in [1.82, 2.24) is 9.62 Å². The molecule has 0 aromatic heterocycles. The summed E-state index contributed by atoms with van der Waals surface area (Å²) in [7, 11) is -3.48. The Hall–Kier alpha value is -2.19. The van der Waals surface area contributed by atoms with Crippen LogP contribution in [0.1, 0.15) is 11.1 Å². The largest absolute Gasteiger partial charge is 0.379 e. The molecule has 0 unspecified atom stereocenters. The molecule has 1 fully saturated rings. The maximum atomic E-state index is 12.6.